The molecule has 2 heteroatoms. The molecule has 0 aromatic heterocycles. The summed E-state index contributed by atoms with van der Waals surface area (Å²) in [6.45, 7) is 10.9. The number of rotatable bonds is 7. The van der Waals surface area contributed by atoms with Gasteiger partial charge in [-0.05, 0) is 64.3 Å². The van der Waals surface area contributed by atoms with Crippen molar-refractivity contribution in [2.24, 2.45) is 5.92 Å². The lowest BCUT2D eigenvalue weighted by Crippen LogP contribution is -2.29. The van der Waals surface area contributed by atoms with Crippen molar-refractivity contribution >= 4 is 0 Å². The van der Waals surface area contributed by atoms with Crippen LogP contribution in [0.2, 0.25) is 0 Å². The molecular weight excluding hydrogens is 208 g/mol. The van der Waals surface area contributed by atoms with Gasteiger partial charge in [-0.3, -0.25) is 0 Å². The molecule has 0 saturated carbocycles. The molecule has 0 aliphatic carbocycles. The second-order valence-corrected chi connectivity index (χ2v) is 5.91. The molecule has 0 bridgehead atoms. The van der Waals surface area contributed by atoms with E-state index in [0.29, 0.717) is 0 Å². The van der Waals surface area contributed by atoms with Crippen LogP contribution in [-0.2, 0) is 0 Å². The second-order valence-electron chi connectivity index (χ2n) is 5.91. The lowest BCUT2D eigenvalue weighted by Gasteiger charge is -2.24. The highest BCUT2D eigenvalue weighted by Crippen LogP contribution is 2.10. The third-order valence-electron chi connectivity index (χ3n) is 3.58. The summed E-state index contributed by atoms with van der Waals surface area (Å²) >= 11 is 0. The molecule has 1 saturated heterocycles. The number of hydrogen-bond acceptors (Lipinski definition) is 2. The lowest BCUT2D eigenvalue weighted by molar-refractivity contribution is 0.242. The highest BCUT2D eigenvalue weighted by molar-refractivity contribution is 4.63. The molecule has 2 nitrogen and oxygen atoms in total. The topological polar surface area (TPSA) is 15.3 Å². The molecule has 1 aliphatic heterocycles. The molecule has 1 heterocycles. The van der Waals surface area contributed by atoms with E-state index in [2.05, 4.69) is 24.1 Å². The Balaban J connectivity index is 1.93. The van der Waals surface area contributed by atoms with Crippen LogP contribution in [0.25, 0.3) is 0 Å². The summed E-state index contributed by atoms with van der Waals surface area (Å²) in [4.78, 5) is 2.68. The van der Waals surface area contributed by atoms with E-state index in [0.717, 1.165) is 5.92 Å². The molecule has 0 unspecified atom stereocenters. The second kappa shape index (κ2) is 9.90. The van der Waals surface area contributed by atoms with Gasteiger partial charge in [-0.15, -0.1) is 0 Å². The Morgan fingerprint density at radius 1 is 0.941 bits per heavy atom. The van der Waals surface area contributed by atoms with E-state index >= 15 is 0 Å². The first-order chi connectivity index (χ1) is 8.29. The molecule has 1 N–H and O–H groups in total. The Hall–Kier alpha value is -0.0800. The van der Waals surface area contributed by atoms with Crippen LogP contribution in [0.1, 0.15) is 58.8 Å². The molecule has 102 valence electrons. The molecule has 1 fully saturated rings. The van der Waals surface area contributed by atoms with Crippen molar-refractivity contribution in [1.82, 2.24) is 10.2 Å². The van der Waals surface area contributed by atoms with Gasteiger partial charge in [0.1, 0.15) is 0 Å². The molecular formula is C15H32N2. The Morgan fingerprint density at radius 3 is 2.24 bits per heavy atom. The highest BCUT2D eigenvalue weighted by atomic mass is 15.1. The van der Waals surface area contributed by atoms with E-state index in [1.807, 2.05) is 0 Å². The SMILES string of the molecule is CC(C)CNCCCCN1CCCCCCC1. The summed E-state index contributed by atoms with van der Waals surface area (Å²) in [5, 5.41) is 3.53. The zero-order valence-corrected chi connectivity index (χ0v) is 12.0. The van der Waals surface area contributed by atoms with Gasteiger partial charge in [-0.2, -0.15) is 0 Å². The average molecular weight is 240 g/mol. The minimum atomic E-state index is 0.782. The van der Waals surface area contributed by atoms with Crippen molar-refractivity contribution in [3.8, 4) is 0 Å². The van der Waals surface area contributed by atoms with Gasteiger partial charge >= 0.3 is 0 Å². The van der Waals surface area contributed by atoms with Crippen LogP contribution in [0.4, 0.5) is 0 Å². The number of hydrogen-bond donors (Lipinski definition) is 1. The van der Waals surface area contributed by atoms with Gasteiger partial charge in [0.15, 0.2) is 0 Å². The van der Waals surface area contributed by atoms with Crippen molar-refractivity contribution in [1.29, 1.82) is 0 Å². The van der Waals surface area contributed by atoms with E-state index in [-0.39, 0.29) is 0 Å². The van der Waals surface area contributed by atoms with Crippen molar-refractivity contribution in [3.05, 3.63) is 0 Å². The Bertz CT molecular complexity index is 160. The van der Waals surface area contributed by atoms with Gasteiger partial charge in [0.25, 0.3) is 0 Å². The molecule has 0 amide bonds. The molecule has 1 rings (SSSR count). The number of likely N-dealkylation sites (tertiary alicyclic amines) is 1. The lowest BCUT2D eigenvalue weighted by atomic mass is 10.1. The van der Waals surface area contributed by atoms with Crippen LogP contribution in [0.5, 0.6) is 0 Å². The quantitative estimate of drug-likeness (QED) is 0.687. The molecule has 0 spiro atoms. The van der Waals surface area contributed by atoms with E-state index in [1.54, 1.807) is 0 Å². The smallest absolute Gasteiger partial charge is 0.00183 e. The largest absolute Gasteiger partial charge is 0.316 e. The van der Waals surface area contributed by atoms with E-state index in [1.165, 1.54) is 77.7 Å². The van der Waals surface area contributed by atoms with Crippen LogP contribution in [0.3, 0.4) is 0 Å². The summed E-state index contributed by atoms with van der Waals surface area (Å²) in [6.07, 6.45) is 9.91. The Morgan fingerprint density at radius 2 is 1.59 bits per heavy atom. The first kappa shape index (κ1) is 15.0. The fourth-order valence-electron chi connectivity index (χ4n) is 2.51. The summed E-state index contributed by atoms with van der Waals surface area (Å²) in [5.74, 6) is 0.782. The summed E-state index contributed by atoms with van der Waals surface area (Å²) in [7, 11) is 0. The van der Waals surface area contributed by atoms with Gasteiger partial charge in [0.05, 0.1) is 0 Å². The van der Waals surface area contributed by atoms with Gasteiger partial charge < -0.3 is 10.2 Å². The fourth-order valence-corrected chi connectivity index (χ4v) is 2.51. The van der Waals surface area contributed by atoms with Crippen LogP contribution >= 0.6 is 0 Å². The predicted molar refractivity (Wildman–Crippen MR) is 76.5 cm³/mol. The standard InChI is InChI=1S/C15H32N2/c1-15(2)14-16-10-6-9-13-17-11-7-4-3-5-8-12-17/h15-16H,3-14H2,1-2H3. The maximum absolute atomic E-state index is 3.53. The maximum atomic E-state index is 3.53. The van der Waals surface area contributed by atoms with Gasteiger partial charge in [-0.1, -0.05) is 33.1 Å². The van der Waals surface area contributed by atoms with Gasteiger partial charge in [0.2, 0.25) is 0 Å². The Labute approximate surface area is 108 Å². The average Bonchev–Trinajstić information content (AvgIpc) is 2.25. The fraction of sp³-hybridized carbons (Fsp3) is 1.00. The van der Waals surface area contributed by atoms with E-state index < -0.39 is 0 Å². The summed E-state index contributed by atoms with van der Waals surface area (Å²) in [6, 6.07) is 0. The minimum absolute atomic E-state index is 0.782. The van der Waals surface area contributed by atoms with Crippen molar-refractivity contribution in [2.75, 3.05) is 32.7 Å². The first-order valence-electron chi connectivity index (χ1n) is 7.72. The Kier molecular flexibility index (Phi) is 8.72. The molecule has 0 aromatic carbocycles. The van der Waals surface area contributed by atoms with Crippen LogP contribution in [-0.4, -0.2) is 37.6 Å². The molecule has 17 heavy (non-hydrogen) atoms. The number of nitrogens with one attached hydrogen (secondary N) is 1. The van der Waals surface area contributed by atoms with E-state index in [4.69, 9.17) is 0 Å². The number of unbranched alkanes of at least 4 members (excludes halogenated alkanes) is 1. The highest BCUT2D eigenvalue weighted by Gasteiger charge is 2.06. The minimum Gasteiger partial charge on any atom is -0.316 e. The predicted octanol–water partition coefficient (Wildman–Crippen LogP) is 3.28. The third kappa shape index (κ3) is 8.62. The third-order valence-corrected chi connectivity index (χ3v) is 3.58. The van der Waals surface area contributed by atoms with Crippen LogP contribution in [0.15, 0.2) is 0 Å². The maximum Gasteiger partial charge on any atom is -0.00183 e. The molecule has 1 aliphatic rings. The summed E-state index contributed by atoms with van der Waals surface area (Å²) < 4.78 is 0. The monoisotopic (exact) mass is 240 g/mol. The summed E-state index contributed by atoms with van der Waals surface area (Å²) in [5.41, 5.74) is 0. The zero-order valence-electron chi connectivity index (χ0n) is 12.0. The van der Waals surface area contributed by atoms with Gasteiger partial charge in [0, 0.05) is 0 Å². The number of nitrogens with zero attached hydrogens (tertiary/aromatic N) is 1. The van der Waals surface area contributed by atoms with Crippen molar-refractivity contribution < 1.29 is 0 Å². The normalized spacial score (nSPS) is 19.2. The van der Waals surface area contributed by atoms with Crippen molar-refractivity contribution in [2.45, 2.75) is 58.8 Å². The van der Waals surface area contributed by atoms with Crippen molar-refractivity contribution in [3.63, 3.8) is 0 Å². The van der Waals surface area contributed by atoms with Gasteiger partial charge in [-0.25, -0.2) is 0 Å². The molecule has 0 radical (unpaired) electrons. The van der Waals surface area contributed by atoms with E-state index in [9.17, 15) is 0 Å². The molecule has 0 aromatic rings. The van der Waals surface area contributed by atoms with Crippen LogP contribution in [0, 0.1) is 5.92 Å². The first-order valence-corrected chi connectivity index (χ1v) is 7.72. The zero-order chi connectivity index (χ0) is 12.3. The molecule has 0 atom stereocenters. The van der Waals surface area contributed by atoms with Crippen LogP contribution < -0.4 is 5.32 Å².